The van der Waals surface area contributed by atoms with Crippen molar-refractivity contribution in [3.63, 3.8) is 0 Å². The normalized spacial score (nSPS) is 16.8. The predicted octanol–water partition coefficient (Wildman–Crippen LogP) is 0.884. The van der Waals surface area contributed by atoms with Gasteiger partial charge in [0.05, 0.1) is 6.04 Å². The zero-order chi connectivity index (χ0) is 9.94. The Morgan fingerprint density at radius 1 is 1.33 bits per heavy atom. The van der Waals surface area contributed by atoms with E-state index in [1.165, 1.54) is 0 Å². The van der Waals surface area contributed by atoms with Gasteiger partial charge in [0.2, 0.25) is 5.91 Å². The predicted molar refractivity (Wildman–Crippen MR) is 50.7 cm³/mol. The molecule has 0 aliphatic heterocycles. The average Bonchev–Trinajstić information content (AvgIpc) is 1.85. The third-order valence-electron chi connectivity index (χ3n) is 2.07. The second kappa shape index (κ2) is 3.90. The van der Waals surface area contributed by atoms with Crippen LogP contribution in [0.3, 0.4) is 0 Å². The van der Waals surface area contributed by atoms with Crippen molar-refractivity contribution < 1.29 is 4.79 Å². The molecule has 1 amide bonds. The van der Waals surface area contributed by atoms with Crippen LogP contribution >= 0.6 is 0 Å². The Labute approximate surface area is 74.7 Å². The summed E-state index contributed by atoms with van der Waals surface area (Å²) in [7, 11) is 0. The number of hydrogen-bond acceptors (Lipinski definition) is 2. The fourth-order valence-corrected chi connectivity index (χ4v) is 0.561. The van der Waals surface area contributed by atoms with Gasteiger partial charge in [-0.25, -0.2) is 0 Å². The summed E-state index contributed by atoms with van der Waals surface area (Å²) < 4.78 is 0. The quantitative estimate of drug-likeness (QED) is 0.649. The zero-order valence-electron chi connectivity index (χ0n) is 8.64. The minimum atomic E-state index is -0.421. The maximum atomic E-state index is 11.2. The Bertz CT molecular complexity index is 158. The molecule has 0 aromatic rings. The highest BCUT2D eigenvalue weighted by Gasteiger charge is 2.22. The van der Waals surface area contributed by atoms with E-state index < -0.39 is 6.04 Å². The molecule has 0 radical (unpaired) electrons. The first kappa shape index (κ1) is 11.4. The highest BCUT2D eigenvalue weighted by molar-refractivity contribution is 5.81. The summed E-state index contributed by atoms with van der Waals surface area (Å²) in [4.78, 5) is 11.2. The molecule has 1 unspecified atom stereocenters. The van der Waals surface area contributed by atoms with Gasteiger partial charge in [0, 0.05) is 6.04 Å². The Kier molecular flexibility index (Phi) is 3.71. The topological polar surface area (TPSA) is 55.1 Å². The summed E-state index contributed by atoms with van der Waals surface area (Å²) in [6.07, 6.45) is 0. The van der Waals surface area contributed by atoms with Gasteiger partial charge < -0.3 is 11.1 Å². The van der Waals surface area contributed by atoms with E-state index in [4.69, 9.17) is 5.73 Å². The minimum absolute atomic E-state index is 0.0857. The lowest BCUT2D eigenvalue weighted by atomic mass is 9.88. The lowest BCUT2D eigenvalue weighted by Gasteiger charge is -2.28. The van der Waals surface area contributed by atoms with Crippen LogP contribution in [-0.2, 0) is 4.79 Å². The van der Waals surface area contributed by atoms with Gasteiger partial charge in [-0.1, -0.05) is 20.8 Å². The van der Waals surface area contributed by atoms with E-state index in [-0.39, 0.29) is 17.4 Å². The van der Waals surface area contributed by atoms with Crippen molar-refractivity contribution in [1.82, 2.24) is 5.32 Å². The Morgan fingerprint density at radius 2 is 1.75 bits per heavy atom. The molecule has 0 fully saturated rings. The number of rotatable bonds is 2. The van der Waals surface area contributed by atoms with Crippen LogP contribution in [0, 0.1) is 5.41 Å². The standard InChI is InChI=1S/C9H20N2O/c1-6(10)8(12)11-7(2)9(3,4)5/h6-7H,10H2,1-5H3,(H,11,12)/t6-,7?/m1/s1. The van der Waals surface area contributed by atoms with E-state index in [2.05, 4.69) is 26.1 Å². The monoisotopic (exact) mass is 172 g/mol. The second-order valence-electron chi connectivity index (χ2n) is 4.38. The molecule has 0 aliphatic carbocycles. The fraction of sp³-hybridized carbons (Fsp3) is 0.889. The summed E-state index contributed by atoms with van der Waals surface area (Å²) in [6, 6.07) is -0.272. The van der Waals surface area contributed by atoms with Gasteiger partial charge in [0.1, 0.15) is 0 Å². The average molecular weight is 172 g/mol. The maximum Gasteiger partial charge on any atom is 0.236 e. The Hall–Kier alpha value is -0.570. The third kappa shape index (κ3) is 3.72. The second-order valence-corrected chi connectivity index (χ2v) is 4.38. The number of hydrogen-bond donors (Lipinski definition) is 2. The van der Waals surface area contributed by atoms with Crippen LogP contribution in [0.2, 0.25) is 0 Å². The van der Waals surface area contributed by atoms with Crippen molar-refractivity contribution in [2.24, 2.45) is 11.1 Å². The smallest absolute Gasteiger partial charge is 0.236 e. The molecule has 2 atom stereocenters. The molecule has 72 valence electrons. The summed E-state index contributed by atoms with van der Waals surface area (Å²) in [6.45, 7) is 9.92. The van der Waals surface area contributed by atoms with Crippen molar-refractivity contribution in [2.75, 3.05) is 0 Å². The summed E-state index contributed by atoms with van der Waals surface area (Å²) in [5, 5.41) is 2.86. The Balaban J connectivity index is 4.02. The number of amides is 1. The molecule has 0 aromatic carbocycles. The van der Waals surface area contributed by atoms with Gasteiger partial charge in [0.15, 0.2) is 0 Å². The number of nitrogens with one attached hydrogen (secondary N) is 1. The summed E-state index contributed by atoms with van der Waals surface area (Å²) in [5.41, 5.74) is 5.50. The molecule has 0 aromatic heterocycles. The zero-order valence-corrected chi connectivity index (χ0v) is 8.64. The third-order valence-corrected chi connectivity index (χ3v) is 2.07. The van der Waals surface area contributed by atoms with E-state index in [0.29, 0.717) is 0 Å². The van der Waals surface area contributed by atoms with Crippen LogP contribution in [0.1, 0.15) is 34.6 Å². The van der Waals surface area contributed by atoms with Crippen molar-refractivity contribution in [2.45, 2.75) is 46.7 Å². The van der Waals surface area contributed by atoms with Gasteiger partial charge in [-0.15, -0.1) is 0 Å². The first-order valence-corrected chi connectivity index (χ1v) is 4.31. The number of carbonyl (C=O) groups excluding carboxylic acids is 1. The fourth-order valence-electron chi connectivity index (χ4n) is 0.561. The van der Waals surface area contributed by atoms with Gasteiger partial charge >= 0.3 is 0 Å². The highest BCUT2D eigenvalue weighted by Crippen LogP contribution is 2.18. The molecule has 0 saturated carbocycles. The van der Waals surface area contributed by atoms with Crippen molar-refractivity contribution in [1.29, 1.82) is 0 Å². The number of carbonyl (C=O) groups is 1. The summed E-state index contributed by atoms with van der Waals surface area (Å²) in [5.74, 6) is -0.0857. The molecule has 0 heterocycles. The van der Waals surface area contributed by atoms with E-state index >= 15 is 0 Å². The molecular weight excluding hydrogens is 152 g/mol. The minimum Gasteiger partial charge on any atom is -0.352 e. The van der Waals surface area contributed by atoms with Gasteiger partial charge in [-0.2, -0.15) is 0 Å². The molecule has 0 bridgehead atoms. The van der Waals surface area contributed by atoms with Crippen molar-refractivity contribution in [3.05, 3.63) is 0 Å². The summed E-state index contributed by atoms with van der Waals surface area (Å²) >= 11 is 0. The molecule has 3 heteroatoms. The highest BCUT2D eigenvalue weighted by atomic mass is 16.2. The Morgan fingerprint density at radius 3 is 2.00 bits per heavy atom. The van der Waals surface area contributed by atoms with Crippen LogP contribution in [-0.4, -0.2) is 18.0 Å². The molecular formula is C9H20N2O. The molecule has 3 nitrogen and oxygen atoms in total. The molecule has 0 aliphatic rings. The number of nitrogens with two attached hydrogens (primary N) is 1. The SMILES string of the molecule is CC(NC(=O)[C@@H](C)N)C(C)(C)C. The van der Waals surface area contributed by atoms with Crippen LogP contribution in [0.4, 0.5) is 0 Å². The van der Waals surface area contributed by atoms with Crippen LogP contribution in [0.5, 0.6) is 0 Å². The molecule has 0 spiro atoms. The van der Waals surface area contributed by atoms with Crippen molar-refractivity contribution >= 4 is 5.91 Å². The molecule has 0 saturated heterocycles. The largest absolute Gasteiger partial charge is 0.352 e. The molecule has 3 N–H and O–H groups in total. The lowest BCUT2D eigenvalue weighted by molar-refractivity contribution is -0.123. The maximum absolute atomic E-state index is 11.2. The van der Waals surface area contributed by atoms with Crippen LogP contribution in [0.25, 0.3) is 0 Å². The van der Waals surface area contributed by atoms with E-state index in [0.717, 1.165) is 0 Å². The van der Waals surface area contributed by atoms with Gasteiger partial charge in [0.25, 0.3) is 0 Å². The van der Waals surface area contributed by atoms with Crippen LogP contribution in [0.15, 0.2) is 0 Å². The van der Waals surface area contributed by atoms with E-state index in [9.17, 15) is 4.79 Å². The molecule has 12 heavy (non-hydrogen) atoms. The van der Waals surface area contributed by atoms with Crippen molar-refractivity contribution in [3.8, 4) is 0 Å². The van der Waals surface area contributed by atoms with Crippen LogP contribution < -0.4 is 11.1 Å². The van der Waals surface area contributed by atoms with Gasteiger partial charge in [-0.3, -0.25) is 4.79 Å². The molecule has 0 rings (SSSR count). The lowest BCUT2D eigenvalue weighted by Crippen LogP contribution is -2.47. The first-order valence-electron chi connectivity index (χ1n) is 4.31. The first-order chi connectivity index (χ1) is 5.25. The van der Waals surface area contributed by atoms with Gasteiger partial charge in [-0.05, 0) is 19.3 Å². The van der Waals surface area contributed by atoms with E-state index in [1.54, 1.807) is 6.92 Å². The van der Waals surface area contributed by atoms with E-state index in [1.807, 2.05) is 6.92 Å².